The normalized spacial score (nSPS) is 10.6. The van der Waals surface area contributed by atoms with Gasteiger partial charge in [0.25, 0.3) is 0 Å². The Kier molecular flexibility index (Phi) is 5.68. The molecule has 0 N–H and O–H groups in total. The Morgan fingerprint density at radius 1 is 1.12 bits per heavy atom. The fourth-order valence-corrected chi connectivity index (χ4v) is 3.31. The highest BCUT2D eigenvalue weighted by Crippen LogP contribution is 2.25. The molecule has 0 amide bonds. The van der Waals surface area contributed by atoms with Crippen LogP contribution < -0.4 is 0 Å². The first-order valence-electron chi connectivity index (χ1n) is 7.70. The largest absolute Gasteiger partial charge is 0.298 e. The van der Waals surface area contributed by atoms with Gasteiger partial charge in [-0.25, -0.2) is 0 Å². The lowest BCUT2D eigenvalue weighted by Gasteiger charge is -2.07. The summed E-state index contributed by atoms with van der Waals surface area (Å²) in [6.45, 7) is 4.36. The summed E-state index contributed by atoms with van der Waals surface area (Å²) in [6, 6.07) is 16.7. The summed E-state index contributed by atoms with van der Waals surface area (Å²) in [6.07, 6.45) is 1.78. The second kappa shape index (κ2) is 8.14. The maximum absolute atomic E-state index is 12.3. The average molecular weight is 370 g/mol. The Bertz CT molecular complexity index is 875. The third kappa shape index (κ3) is 4.18. The molecular weight excluding hydrogens is 354 g/mol. The van der Waals surface area contributed by atoms with Crippen LogP contribution in [0.3, 0.4) is 0 Å². The van der Waals surface area contributed by atoms with E-state index in [-0.39, 0.29) is 5.78 Å². The van der Waals surface area contributed by atoms with E-state index in [1.54, 1.807) is 6.08 Å². The number of hydrogen-bond acceptors (Lipinski definition) is 4. The smallest absolute Gasteiger partial charge is 0.192 e. The van der Waals surface area contributed by atoms with E-state index in [1.807, 2.05) is 59.2 Å². The van der Waals surface area contributed by atoms with Gasteiger partial charge in [-0.3, -0.25) is 9.36 Å². The van der Waals surface area contributed by atoms with Crippen molar-refractivity contribution in [1.29, 1.82) is 0 Å². The number of carbonyl (C=O) groups excluding carboxylic acids is 1. The SMILES string of the molecule is C=CCn1c(SCC(=O)c2ccccc2)nnc1-c1ccc(Cl)cc1. The third-order valence-electron chi connectivity index (χ3n) is 3.56. The summed E-state index contributed by atoms with van der Waals surface area (Å²) < 4.78 is 1.94. The Morgan fingerprint density at radius 2 is 1.84 bits per heavy atom. The van der Waals surface area contributed by atoms with Gasteiger partial charge in [0, 0.05) is 22.7 Å². The number of aromatic nitrogens is 3. The Morgan fingerprint density at radius 3 is 2.52 bits per heavy atom. The number of Topliss-reactive ketones (excluding diaryl/α,β-unsaturated/α-hetero) is 1. The number of halogens is 1. The Hall–Kier alpha value is -2.37. The van der Waals surface area contributed by atoms with Crippen molar-refractivity contribution >= 4 is 29.1 Å². The number of benzene rings is 2. The lowest BCUT2D eigenvalue weighted by molar-refractivity contribution is 0.102. The van der Waals surface area contributed by atoms with E-state index in [1.165, 1.54) is 11.8 Å². The second-order valence-corrected chi connectivity index (χ2v) is 6.67. The van der Waals surface area contributed by atoms with Crippen LogP contribution in [0.1, 0.15) is 10.4 Å². The fraction of sp³-hybridized carbons (Fsp3) is 0.105. The van der Waals surface area contributed by atoms with Gasteiger partial charge in [-0.15, -0.1) is 16.8 Å². The highest BCUT2D eigenvalue weighted by molar-refractivity contribution is 7.99. The van der Waals surface area contributed by atoms with Gasteiger partial charge < -0.3 is 0 Å². The summed E-state index contributed by atoms with van der Waals surface area (Å²) >= 11 is 7.32. The van der Waals surface area contributed by atoms with Crippen LogP contribution in [0.4, 0.5) is 0 Å². The number of ketones is 1. The number of thioether (sulfide) groups is 1. The quantitative estimate of drug-likeness (QED) is 0.342. The predicted octanol–water partition coefficient (Wildman–Crippen LogP) is 4.76. The molecule has 0 bridgehead atoms. The van der Waals surface area contributed by atoms with Crippen molar-refractivity contribution in [3.8, 4) is 11.4 Å². The molecule has 1 aromatic heterocycles. The van der Waals surface area contributed by atoms with Crippen LogP contribution in [0.2, 0.25) is 5.02 Å². The summed E-state index contributed by atoms with van der Waals surface area (Å²) in [5.74, 6) is 1.10. The molecule has 0 saturated carbocycles. The maximum atomic E-state index is 12.3. The number of allylic oxidation sites excluding steroid dienone is 1. The molecule has 0 spiro atoms. The first-order valence-corrected chi connectivity index (χ1v) is 9.06. The van der Waals surface area contributed by atoms with Crippen molar-refractivity contribution in [3.05, 3.63) is 77.8 Å². The first kappa shape index (κ1) is 17.5. The molecule has 3 aromatic rings. The van der Waals surface area contributed by atoms with Gasteiger partial charge in [-0.1, -0.05) is 59.8 Å². The van der Waals surface area contributed by atoms with Crippen LogP contribution in [-0.2, 0) is 6.54 Å². The summed E-state index contributed by atoms with van der Waals surface area (Å²) in [4.78, 5) is 12.3. The van der Waals surface area contributed by atoms with E-state index in [4.69, 9.17) is 11.6 Å². The molecule has 0 aliphatic carbocycles. The van der Waals surface area contributed by atoms with E-state index in [2.05, 4.69) is 16.8 Å². The minimum atomic E-state index is 0.0618. The maximum Gasteiger partial charge on any atom is 0.192 e. The summed E-state index contributed by atoms with van der Waals surface area (Å²) in [5.41, 5.74) is 1.61. The molecule has 0 atom stereocenters. The molecule has 3 rings (SSSR count). The van der Waals surface area contributed by atoms with Crippen LogP contribution >= 0.6 is 23.4 Å². The second-order valence-electron chi connectivity index (χ2n) is 5.29. The number of nitrogens with zero attached hydrogens (tertiary/aromatic N) is 3. The average Bonchev–Trinajstić information content (AvgIpc) is 3.04. The number of rotatable bonds is 7. The van der Waals surface area contributed by atoms with Gasteiger partial charge >= 0.3 is 0 Å². The lowest BCUT2D eigenvalue weighted by Crippen LogP contribution is -2.05. The van der Waals surface area contributed by atoms with Crippen molar-refractivity contribution in [1.82, 2.24) is 14.8 Å². The van der Waals surface area contributed by atoms with Crippen LogP contribution in [0.5, 0.6) is 0 Å². The zero-order valence-corrected chi connectivity index (χ0v) is 15.0. The van der Waals surface area contributed by atoms with Gasteiger partial charge in [0.1, 0.15) is 0 Å². The van der Waals surface area contributed by atoms with E-state index in [9.17, 15) is 4.79 Å². The molecule has 0 aliphatic rings. The third-order valence-corrected chi connectivity index (χ3v) is 4.78. The zero-order valence-electron chi connectivity index (χ0n) is 13.4. The molecule has 4 nitrogen and oxygen atoms in total. The van der Waals surface area contributed by atoms with Crippen molar-refractivity contribution in [2.75, 3.05) is 5.75 Å². The highest BCUT2D eigenvalue weighted by Gasteiger charge is 2.15. The van der Waals surface area contributed by atoms with Crippen LogP contribution in [0.15, 0.2) is 72.4 Å². The molecule has 126 valence electrons. The molecule has 0 fully saturated rings. The Balaban J connectivity index is 1.81. The molecule has 0 radical (unpaired) electrons. The standard InChI is InChI=1S/C19H16ClN3OS/c1-2-12-23-18(15-8-10-16(20)11-9-15)21-22-19(23)25-13-17(24)14-6-4-3-5-7-14/h2-11H,1,12-13H2. The minimum Gasteiger partial charge on any atom is -0.298 e. The van der Waals surface area contributed by atoms with E-state index in [0.29, 0.717) is 28.0 Å². The van der Waals surface area contributed by atoms with Crippen LogP contribution in [-0.4, -0.2) is 26.3 Å². The molecule has 25 heavy (non-hydrogen) atoms. The zero-order chi connectivity index (χ0) is 17.6. The summed E-state index contributed by atoms with van der Waals surface area (Å²) in [5, 5.41) is 9.87. The molecule has 1 heterocycles. The van der Waals surface area contributed by atoms with Gasteiger partial charge in [0.05, 0.1) is 5.75 Å². The van der Waals surface area contributed by atoms with Gasteiger partial charge in [-0.05, 0) is 24.3 Å². The predicted molar refractivity (Wildman–Crippen MR) is 102 cm³/mol. The monoisotopic (exact) mass is 369 g/mol. The molecule has 0 saturated heterocycles. The first-order chi connectivity index (χ1) is 12.2. The van der Waals surface area contributed by atoms with Crippen LogP contribution in [0, 0.1) is 0 Å². The van der Waals surface area contributed by atoms with Gasteiger partial charge in [0.2, 0.25) is 0 Å². The molecule has 0 aliphatic heterocycles. The van der Waals surface area contributed by atoms with Gasteiger partial charge in [-0.2, -0.15) is 0 Å². The van der Waals surface area contributed by atoms with Crippen molar-refractivity contribution in [2.24, 2.45) is 0 Å². The number of hydrogen-bond donors (Lipinski definition) is 0. The minimum absolute atomic E-state index is 0.0618. The highest BCUT2D eigenvalue weighted by atomic mass is 35.5. The molecule has 0 unspecified atom stereocenters. The lowest BCUT2D eigenvalue weighted by atomic mass is 10.2. The van der Waals surface area contributed by atoms with Crippen LogP contribution in [0.25, 0.3) is 11.4 Å². The van der Waals surface area contributed by atoms with E-state index >= 15 is 0 Å². The van der Waals surface area contributed by atoms with E-state index in [0.717, 1.165) is 11.4 Å². The molecule has 6 heteroatoms. The summed E-state index contributed by atoms with van der Waals surface area (Å²) in [7, 11) is 0. The number of carbonyl (C=O) groups is 1. The molecule has 2 aromatic carbocycles. The van der Waals surface area contributed by atoms with E-state index < -0.39 is 0 Å². The van der Waals surface area contributed by atoms with Crippen molar-refractivity contribution < 1.29 is 4.79 Å². The molecular formula is C19H16ClN3OS. The topological polar surface area (TPSA) is 47.8 Å². The van der Waals surface area contributed by atoms with Gasteiger partial charge in [0.15, 0.2) is 16.8 Å². The fourth-order valence-electron chi connectivity index (χ4n) is 2.34. The Labute approximate surface area is 155 Å². The van der Waals surface area contributed by atoms with Crippen molar-refractivity contribution in [2.45, 2.75) is 11.7 Å². The van der Waals surface area contributed by atoms with Crippen molar-refractivity contribution in [3.63, 3.8) is 0 Å².